The first kappa shape index (κ1) is 23.8. The second-order valence-electron chi connectivity index (χ2n) is 9.34. The maximum absolute atomic E-state index is 12.2. The quantitative estimate of drug-likeness (QED) is 0.292. The lowest BCUT2D eigenvalue weighted by atomic mass is 10.1. The van der Waals surface area contributed by atoms with Crippen LogP contribution >= 0.6 is 0 Å². The third-order valence-corrected chi connectivity index (χ3v) is 9.98. The SMILES string of the molecule is CC(C)(CCO[Si](C)(C)C(C)(C)C)OC(=O)C(=O)ON1C(=O)c2ccccc2C1=O. The lowest BCUT2D eigenvalue weighted by Crippen LogP contribution is -2.43. The number of imide groups is 1. The third-order valence-electron chi connectivity index (χ3n) is 5.44. The van der Waals surface area contributed by atoms with Crippen molar-refractivity contribution in [1.82, 2.24) is 5.06 Å². The van der Waals surface area contributed by atoms with Crippen molar-refractivity contribution in [3.63, 3.8) is 0 Å². The number of ether oxygens (including phenoxy) is 1. The van der Waals surface area contributed by atoms with Crippen LogP contribution in [0.4, 0.5) is 0 Å². The first-order chi connectivity index (χ1) is 13.7. The van der Waals surface area contributed by atoms with E-state index in [0.29, 0.717) is 13.0 Å². The fourth-order valence-electron chi connectivity index (χ4n) is 2.48. The van der Waals surface area contributed by atoms with Crippen molar-refractivity contribution in [2.75, 3.05) is 6.61 Å². The molecule has 8 nitrogen and oxygen atoms in total. The van der Waals surface area contributed by atoms with E-state index in [2.05, 4.69) is 33.9 Å². The number of rotatable bonds is 6. The van der Waals surface area contributed by atoms with Crippen molar-refractivity contribution < 1.29 is 33.2 Å². The van der Waals surface area contributed by atoms with Gasteiger partial charge in [0.15, 0.2) is 8.32 Å². The summed E-state index contributed by atoms with van der Waals surface area (Å²) in [6.07, 6.45) is 0.367. The Bertz CT molecular complexity index is 835. The minimum Gasteiger partial charge on any atom is -0.451 e. The van der Waals surface area contributed by atoms with Gasteiger partial charge >= 0.3 is 11.9 Å². The number of benzene rings is 1. The molecule has 0 aromatic heterocycles. The summed E-state index contributed by atoms with van der Waals surface area (Å²) in [5, 5.41) is 0.325. The van der Waals surface area contributed by atoms with E-state index in [1.54, 1.807) is 26.0 Å². The van der Waals surface area contributed by atoms with Gasteiger partial charge in [-0.1, -0.05) is 38.0 Å². The van der Waals surface area contributed by atoms with Gasteiger partial charge in [-0.3, -0.25) is 9.59 Å². The van der Waals surface area contributed by atoms with E-state index >= 15 is 0 Å². The molecule has 1 heterocycles. The Morgan fingerprint density at radius 1 is 0.933 bits per heavy atom. The molecule has 0 unspecified atom stereocenters. The van der Waals surface area contributed by atoms with Crippen LogP contribution in [-0.2, 0) is 23.6 Å². The maximum Gasteiger partial charge on any atom is 0.442 e. The number of fused-ring (bicyclic) bond motifs is 1. The fourth-order valence-corrected chi connectivity index (χ4v) is 3.53. The zero-order chi connectivity index (χ0) is 22.9. The second-order valence-corrected chi connectivity index (χ2v) is 14.1. The summed E-state index contributed by atoms with van der Waals surface area (Å²) in [6.45, 7) is 14.3. The smallest absolute Gasteiger partial charge is 0.442 e. The van der Waals surface area contributed by atoms with Crippen LogP contribution < -0.4 is 0 Å². The Labute approximate surface area is 177 Å². The number of carbonyl (C=O) groups excluding carboxylic acids is 4. The van der Waals surface area contributed by atoms with Gasteiger partial charge in [-0.05, 0) is 44.1 Å². The summed E-state index contributed by atoms with van der Waals surface area (Å²) in [5.41, 5.74) is -0.793. The zero-order valence-electron chi connectivity index (χ0n) is 18.5. The van der Waals surface area contributed by atoms with Crippen molar-refractivity contribution in [3.05, 3.63) is 35.4 Å². The van der Waals surface area contributed by atoms with Crippen LogP contribution in [0.3, 0.4) is 0 Å². The van der Waals surface area contributed by atoms with Crippen molar-refractivity contribution >= 4 is 32.1 Å². The van der Waals surface area contributed by atoms with Crippen LogP contribution in [0.1, 0.15) is 61.8 Å². The predicted molar refractivity (Wildman–Crippen MR) is 111 cm³/mol. The Morgan fingerprint density at radius 3 is 1.90 bits per heavy atom. The highest BCUT2D eigenvalue weighted by Gasteiger charge is 2.41. The largest absolute Gasteiger partial charge is 0.451 e. The lowest BCUT2D eigenvalue weighted by molar-refractivity contribution is -0.189. The third kappa shape index (κ3) is 5.14. The molecule has 9 heteroatoms. The summed E-state index contributed by atoms with van der Waals surface area (Å²) >= 11 is 0. The fraction of sp³-hybridized carbons (Fsp3) is 0.524. The number of hydroxylamine groups is 2. The zero-order valence-corrected chi connectivity index (χ0v) is 19.5. The van der Waals surface area contributed by atoms with Gasteiger partial charge in [0.1, 0.15) is 5.60 Å². The minimum absolute atomic E-state index is 0.0456. The molecule has 0 aliphatic carbocycles. The molecular weight excluding hydrogens is 406 g/mol. The van der Waals surface area contributed by atoms with Gasteiger partial charge in [-0.2, -0.15) is 0 Å². The van der Waals surface area contributed by atoms with E-state index in [9.17, 15) is 19.2 Å². The number of carbonyl (C=O) groups is 4. The van der Waals surface area contributed by atoms with Crippen LogP contribution in [0.25, 0.3) is 0 Å². The van der Waals surface area contributed by atoms with Crippen molar-refractivity contribution in [3.8, 4) is 0 Å². The number of amides is 2. The molecule has 1 aliphatic rings. The van der Waals surface area contributed by atoms with Gasteiger partial charge in [0.05, 0.1) is 11.1 Å². The summed E-state index contributed by atoms with van der Waals surface area (Å²) < 4.78 is 11.3. The second kappa shape index (κ2) is 8.31. The molecule has 1 aromatic rings. The predicted octanol–water partition coefficient (Wildman–Crippen LogP) is 3.47. The average molecular weight is 436 g/mol. The van der Waals surface area contributed by atoms with Crippen LogP contribution in [0.2, 0.25) is 18.1 Å². The van der Waals surface area contributed by atoms with E-state index in [-0.39, 0.29) is 21.2 Å². The Kier molecular flexibility index (Phi) is 6.58. The van der Waals surface area contributed by atoms with Gasteiger partial charge in [-0.15, -0.1) is 0 Å². The molecule has 0 atom stereocenters. The molecule has 0 spiro atoms. The van der Waals surface area contributed by atoms with E-state index in [0.717, 1.165) is 0 Å². The molecule has 1 aliphatic heterocycles. The summed E-state index contributed by atoms with van der Waals surface area (Å²) in [4.78, 5) is 53.5. The standard InChI is InChI=1S/C21H29NO7Si/c1-20(2,3)30(6,7)27-13-12-21(4,5)28-18(25)19(26)29-22-16(23)14-10-8-9-11-15(14)17(22)24/h8-11H,12-13H2,1-7H3. The maximum atomic E-state index is 12.2. The number of hydrogen-bond donors (Lipinski definition) is 0. The van der Waals surface area contributed by atoms with E-state index < -0.39 is 37.7 Å². The summed E-state index contributed by atoms with van der Waals surface area (Å²) in [7, 11) is -1.95. The lowest BCUT2D eigenvalue weighted by Gasteiger charge is -2.37. The Balaban J connectivity index is 1.92. The van der Waals surface area contributed by atoms with Gasteiger partial charge in [-0.25, -0.2) is 9.59 Å². The van der Waals surface area contributed by atoms with E-state index in [1.165, 1.54) is 12.1 Å². The molecule has 0 bridgehead atoms. The van der Waals surface area contributed by atoms with Crippen LogP contribution in [0.5, 0.6) is 0 Å². The molecule has 2 amide bonds. The first-order valence-electron chi connectivity index (χ1n) is 9.73. The number of hydrogen-bond acceptors (Lipinski definition) is 7. The van der Waals surface area contributed by atoms with Crippen molar-refractivity contribution in [2.24, 2.45) is 0 Å². The Morgan fingerprint density at radius 2 is 1.43 bits per heavy atom. The molecule has 2 rings (SSSR count). The van der Waals surface area contributed by atoms with Gasteiger partial charge < -0.3 is 14.0 Å². The highest BCUT2D eigenvalue weighted by Crippen LogP contribution is 2.36. The minimum atomic E-state index is -1.95. The van der Waals surface area contributed by atoms with Crippen molar-refractivity contribution in [2.45, 2.75) is 64.8 Å². The molecule has 0 saturated carbocycles. The topological polar surface area (TPSA) is 99.2 Å². The summed E-state index contributed by atoms with van der Waals surface area (Å²) in [6, 6.07) is 6.04. The number of nitrogens with zero attached hydrogens (tertiary/aromatic N) is 1. The van der Waals surface area contributed by atoms with Gasteiger partial charge in [0, 0.05) is 13.0 Å². The Hall–Kier alpha value is -2.52. The van der Waals surface area contributed by atoms with Crippen LogP contribution in [0.15, 0.2) is 24.3 Å². The molecule has 164 valence electrons. The molecular formula is C21H29NO7Si. The molecule has 0 saturated heterocycles. The van der Waals surface area contributed by atoms with E-state index in [4.69, 9.17) is 14.0 Å². The van der Waals surface area contributed by atoms with Crippen LogP contribution in [-0.4, -0.2) is 49.3 Å². The monoisotopic (exact) mass is 435 g/mol. The summed E-state index contributed by atoms with van der Waals surface area (Å²) in [5.74, 6) is -4.34. The molecule has 0 radical (unpaired) electrons. The number of esters is 1. The molecule has 1 aromatic carbocycles. The van der Waals surface area contributed by atoms with Crippen molar-refractivity contribution in [1.29, 1.82) is 0 Å². The highest BCUT2D eigenvalue weighted by atomic mass is 28.4. The van der Waals surface area contributed by atoms with Gasteiger partial charge in [0.2, 0.25) is 0 Å². The van der Waals surface area contributed by atoms with Crippen LogP contribution in [0, 0.1) is 0 Å². The molecule has 0 fully saturated rings. The first-order valence-corrected chi connectivity index (χ1v) is 12.6. The molecule has 0 N–H and O–H groups in total. The van der Waals surface area contributed by atoms with E-state index in [1.807, 2.05) is 0 Å². The highest BCUT2D eigenvalue weighted by molar-refractivity contribution is 6.74. The molecule has 30 heavy (non-hydrogen) atoms. The average Bonchev–Trinajstić information content (AvgIpc) is 2.85. The van der Waals surface area contributed by atoms with Gasteiger partial charge in [0.25, 0.3) is 11.8 Å². The normalized spacial score (nSPS) is 14.6.